The van der Waals surface area contributed by atoms with E-state index in [1.807, 2.05) is 0 Å². The Morgan fingerprint density at radius 3 is 3.05 bits per heavy atom. The van der Waals surface area contributed by atoms with Crippen LogP contribution in [-0.2, 0) is 6.42 Å². The lowest BCUT2D eigenvalue weighted by molar-refractivity contribution is 0.0578. The number of amidine groups is 1. The first-order valence-corrected chi connectivity index (χ1v) is 7.03. The number of halogens is 1. The molecule has 0 aromatic carbocycles. The summed E-state index contributed by atoms with van der Waals surface area (Å²) in [6, 6.07) is 1.46. The van der Waals surface area contributed by atoms with Crippen molar-refractivity contribution in [1.82, 2.24) is 9.88 Å². The molecular formula is C14H17FN4O2. The largest absolute Gasteiger partial charge is 0.409 e. The number of oxime groups is 1. The molecule has 1 aromatic heterocycles. The molecule has 0 spiro atoms. The Labute approximate surface area is 121 Å². The number of carbonyl (C=O) groups excluding carboxylic acids is 1. The van der Waals surface area contributed by atoms with E-state index in [1.54, 1.807) is 4.90 Å². The van der Waals surface area contributed by atoms with Gasteiger partial charge in [0.15, 0.2) is 0 Å². The van der Waals surface area contributed by atoms with E-state index in [1.165, 1.54) is 12.3 Å². The number of pyridine rings is 1. The van der Waals surface area contributed by atoms with Crippen molar-refractivity contribution in [3.8, 4) is 0 Å². The van der Waals surface area contributed by atoms with Gasteiger partial charge in [0.1, 0.15) is 5.84 Å². The van der Waals surface area contributed by atoms with Crippen molar-refractivity contribution < 1.29 is 14.4 Å². The smallest absolute Gasteiger partial charge is 0.255 e. The van der Waals surface area contributed by atoms with Crippen molar-refractivity contribution in [2.24, 2.45) is 16.8 Å². The molecule has 2 atom stereocenters. The summed E-state index contributed by atoms with van der Waals surface area (Å²) in [7, 11) is 0. The van der Waals surface area contributed by atoms with E-state index in [0.29, 0.717) is 24.1 Å². The van der Waals surface area contributed by atoms with Gasteiger partial charge in [0, 0.05) is 24.7 Å². The predicted octanol–water partition coefficient (Wildman–Crippen LogP) is 1.13. The molecule has 112 valence electrons. The van der Waals surface area contributed by atoms with E-state index in [0.717, 1.165) is 19.3 Å². The van der Waals surface area contributed by atoms with Crippen molar-refractivity contribution in [2.75, 3.05) is 6.54 Å². The summed E-state index contributed by atoms with van der Waals surface area (Å²) in [4.78, 5) is 18.0. The number of amides is 1. The molecule has 1 aromatic rings. The zero-order valence-electron chi connectivity index (χ0n) is 11.5. The molecular weight excluding hydrogens is 275 g/mol. The molecule has 0 radical (unpaired) electrons. The van der Waals surface area contributed by atoms with Gasteiger partial charge in [0.25, 0.3) is 5.91 Å². The van der Waals surface area contributed by atoms with Crippen LogP contribution in [0.1, 0.15) is 35.2 Å². The maximum atomic E-state index is 13.2. The Bertz CT molecular complexity index is 605. The summed E-state index contributed by atoms with van der Waals surface area (Å²) < 4.78 is 13.2. The highest BCUT2D eigenvalue weighted by molar-refractivity contribution is 5.96. The number of nitrogens with two attached hydrogens (primary N) is 1. The first-order valence-electron chi connectivity index (χ1n) is 7.03. The maximum Gasteiger partial charge on any atom is 0.255 e. The van der Waals surface area contributed by atoms with Gasteiger partial charge in [-0.1, -0.05) is 5.16 Å². The van der Waals surface area contributed by atoms with Gasteiger partial charge < -0.3 is 15.8 Å². The Hall–Kier alpha value is -2.18. The summed E-state index contributed by atoms with van der Waals surface area (Å²) in [6.07, 6.45) is 4.35. The van der Waals surface area contributed by atoms with Crippen LogP contribution >= 0.6 is 0 Å². The molecule has 1 fully saturated rings. The summed E-state index contributed by atoms with van der Waals surface area (Å²) >= 11 is 0. The van der Waals surface area contributed by atoms with Gasteiger partial charge in [-0.2, -0.15) is 4.39 Å². The Balaban J connectivity index is 1.91. The number of carbonyl (C=O) groups is 1. The highest BCUT2D eigenvalue weighted by Gasteiger charge is 2.36. The molecule has 0 bridgehead atoms. The molecule has 3 rings (SSSR count). The van der Waals surface area contributed by atoms with E-state index < -0.39 is 5.95 Å². The number of nitrogens with zero attached hydrogens (tertiary/aromatic N) is 3. The first kappa shape index (κ1) is 13.8. The van der Waals surface area contributed by atoms with Crippen LogP contribution in [-0.4, -0.2) is 39.4 Å². The lowest BCUT2D eigenvalue weighted by Gasteiger charge is -2.38. The summed E-state index contributed by atoms with van der Waals surface area (Å²) in [5.41, 5.74) is 6.84. The summed E-state index contributed by atoms with van der Waals surface area (Å²) in [5, 5.41) is 11.8. The number of fused-ring (bicyclic) bond motifs is 2. The number of hydrogen-bond acceptors (Lipinski definition) is 4. The topological polar surface area (TPSA) is 91.8 Å². The highest BCUT2D eigenvalue weighted by Crippen LogP contribution is 2.30. The molecule has 0 saturated carbocycles. The van der Waals surface area contributed by atoms with Gasteiger partial charge in [0.2, 0.25) is 5.95 Å². The zero-order chi connectivity index (χ0) is 15.0. The summed E-state index contributed by atoms with van der Waals surface area (Å²) in [6.45, 7) is 0.427. The van der Waals surface area contributed by atoms with Crippen LogP contribution < -0.4 is 5.73 Å². The van der Waals surface area contributed by atoms with Gasteiger partial charge in [-0.15, -0.1) is 0 Å². The Morgan fingerprint density at radius 2 is 2.29 bits per heavy atom. The fourth-order valence-corrected chi connectivity index (χ4v) is 3.24. The number of hydrogen-bond donors (Lipinski definition) is 2. The van der Waals surface area contributed by atoms with Gasteiger partial charge in [-0.25, -0.2) is 4.98 Å². The average molecular weight is 292 g/mol. The highest BCUT2D eigenvalue weighted by atomic mass is 19.1. The second kappa shape index (κ2) is 5.31. The van der Waals surface area contributed by atoms with Crippen molar-refractivity contribution in [3.63, 3.8) is 0 Å². The van der Waals surface area contributed by atoms with Crippen molar-refractivity contribution in [2.45, 2.75) is 31.7 Å². The minimum Gasteiger partial charge on any atom is -0.409 e. The molecule has 3 heterocycles. The van der Waals surface area contributed by atoms with Crippen LogP contribution in [0.2, 0.25) is 0 Å². The van der Waals surface area contributed by atoms with Gasteiger partial charge >= 0.3 is 0 Å². The fourth-order valence-electron chi connectivity index (χ4n) is 3.24. The predicted molar refractivity (Wildman–Crippen MR) is 73.5 cm³/mol. The monoisotopic (exact) mass is 292 g/mol. The first-order chi connectivity index (χ1) is 10.1. The fraction of sp³-hybridized carbons (Fsp3) is 0.500. The number of piperidine rings is 1. The molecule has 0 unspecified atom stereocenters. The van der Waals surface area contributed by atoms with Gasteiger partial charge in [-0.05, 0) is 37.3 Å². The molecule has 21 heavy (non-hydrogen) atoms. The third-order valence-corrected chi connectivity index (χ3v) is 4.43. The molecule has 2 aliphatic rings. The standard InChI is InChI=1S/C14H17FN4O2/c15-12-5-8-1-3-10-4-2-9(13(16)18-21)7-19(10)14(20)11(8)6-17-12/h5-6,9-10,21H,1-4,7H2,(H2,16,18)/t9-,10-/m0/s1. The second-order valence-corrected chi connectivity index (χ2v) is 5.61. The maximum absolute atomic E-state index is 13.2. The van der Waals surface area contributed by atoms with E-state index in [4.69, 9.17) is 10.9 Å². The molecule has 7 heteroatoms. The zero-order valence-corrected chi connectivity index (χ0v) is 11.5. The van der Waals surface area contributed by atoms with Crippen LogP contribution in [0.3, 0.4) is 0 Å². The number of aromatic nitrogens is 1. The van der Waals surface area contributed by atoms with Crippen LogP contribution in [0.4, 0.5) is 4.39 Å². The third-order valence-electron chi connectivity index (χ3n) is 4.43. The molecule has 3 N–H and O–H groups in total. The van der Waals surface area contributed by atoms with E-state index in [-0.39, 0.29) is 23.7 Å². The Kier molecular flexibility index (Phi) is 3.48. The third kappa shape index (κ3) is 2.43. The normalized spacial score (nSPS) is 26.0. The molecule has 1 saturated heterocycles. The van der Waals surface area contributed by atoms with Crippen LogP contribution in [0.5, 0.6) is 0 Å². The SMILES string of the molecule is NC(=NO)[C@H]1CC[C@@H]2CCc3cc(F)ncc3C(=O)N2C1. The Morgan fingerprint density at radius 1 is 1.48 bits per heavy atom. The average Bonchev–Trinajstić information content (AvgIpc) is 2.63. The van der Waals surface area contributed by atoms with E-state index >= 15 is 0 Å². The molecule has 1 amide bonds. The van der Waals surface area contributed by atoms with Crippen molar-refractivity contribution in [3.05, 3.63) is 29.3 Å². The van der Waals surface area contributed by atoms with Crippen LogP contribution in [0, 0.1) is 11.9 Å². The molecule has 0 aliphatic carbocycles. The van der Waals surface area contributed by atoms with Crippen molar-refractivity contribution in [1.29, 1.82) is 0 Å². The van der Waals surface area contributed by atoms with Crippen LogP contribution in [0.25, 0.3) is 0 Å². The van der Waals surface area contributed by atoms with Gasteiger partial charge in [-0.3, -0.25) is 4.79 Å². The lowest BCUT2D eigenvalue weighted by atomic mass is 9.90. The van der Waals surface area contributed by atoms with E-state index in [2.05, 4.69) is 10.1 Å². The molecule has 2 aliphatic heterocycles. The number of rotatable bonds is 1. The molecule has 6 nitrogen and oxygen atoms in total. The van der Waals surface area contributed by atoms with Crippen molar-refractivity contribution >= 4 is 11.7 Å². The number of aryl methyl sites for hydroxylation is 1. The second-order valence-electron chi connectivity index (χ2n) is 5.61. The summed E-state index contributed by atoms with van der Waals surface area (Å²) in [5.74, 6) is -0.681. The quantitative estimate of drug-likeness (QED) is 0.267. The van der Waals surface area contributed by atoms with Gasteiger partial charge in [0.05, 0.1) is 5.56 Å². The minimum absolute atomic E-state index is 0.121. The van der Waals surface area contributed by atoms with E-state index in [9.17, 15) is 9.18 Å². The van der Waals surface area contributed by atoms with Crippen LogP contribution in [0.15, 0.2) is 17.4 Å². The minimum atomic E-state index is -0.559. The lowest BCUT2D eigenvalue weighted by Crippen LogP contribution is -2.49.